The minimum absolute atomic E-state index is 0.328. The lowest BCUT2D eigenvalue weighted by atomic mass is 9.90. The number of rotatable bonds is 1. The van der Waals surface area contributed by atoms with Gasteiger partial charge in [0.1, 0.15) is 0 Å². The van der Waals surface area contributed by atoms with Gasteiger partial charge in [0.15, 0.2) is 0 Å². The summed E-state index contributed by atoms with van der Waals surface area (Å²) in [7, 11) is 0. The average molecular weight is 296 g/mol. The Morgan fingerprint density at radius 2 is 1.50 bits per heavy atom. The average Bonchev–Trinajstić information content (AvgIpc) is 2.97. The first-order valence-corrected chi connectivity index (χ1v) is 7.69. The maximum Gasteiger partial charge on any atom is 0.0773 e. The van der Waals surface area contributed by atoms with Gasteiger partial charge in [-0.05, 0) is 33.4 Å². The van der Waals surface area contributed by atoms with Crippen LogP contribution in [0.15, 0.2) is 36.4 Å². The van der Waals surface area contributed by atoms with Crippen molar-refractivity contribution in [1.29, 1.82) is 0 Å². The molecule has 6 N–H and O–H groups in total. The molecule has 0 saturated carbocycles. The van der Waals surface area contributed by atoms with Gasteiger partial charge in [-0.1, -0.05) is 36.4 Å². The Morgan fingerprint density at radius 1 is 0.818 bits per heavy atom. The second kappa shape index (κ2) is 4.89. The third-order valence-corrected chi connectivity index (χ3v) is 5.06. The molecule has 2 unspecified atom stereocenters. The number of hydrogen-bond donors (Lipinski definition) is 4. The van der Waals surface area contributed by atoms with E-state index in [0.29, 0.717) is 12.8 Å². The van der Waals surface area contributed by atoms with E-state index in [4.69, 9.17) is 11.5 Å². The van der Waals surface area contributed by atoms with Crippen molar-refractivity contribution in [1.82, 2.24) is 0 Å². The van der Waals surface area contributed by atoms with Gasteiger partial charge in [0.25, 0.3) is 0 Å². The molecule has 0 heterocycles. The molecule has 4 nitrogen and oxygen atoms in total. The van der Waals surface area contributed by atoms with Gasteiger partial charge in [0, 0.05) is 12.8 Å². The summed E-state index contributed by atoms with van der Waals surface area (Å²) < 4.78 is 0. The summed E-state index contributed by atoms with van der Waals surface area (Å²) in [5.74, 6) is 0. The van der Waals surface area contributed by atoms with Gasteiger partial charge in [0.2, 0.25) is 0 Å². The van der Waals surface area contributed by atoms with Crippen LogP contribution in [0.2, 0.25) is 0 Å². The van der Waals surface area contributed by atoms with Crippen LogP contribution >= 0.6 is 0 Å². The number of fused-ring (bicyclic) bond motifs is 2. The minimum Gasteiger partial charge on any atom is -0.391 e. The summed E-state index contributed by atoms with van der Waals surface area (Å²) in [6, 6.07) is 11.4. The summed E-state index contributed by atoms with van der Waals surface area (Å²) in [6.45, 7) is 0. The molecule has 0 amide bonds. The number of benzene rings is 2. The maximum atomic E-state index is 10.1. The van der Waals surface area contributed by atoms with E-state index >= 15 is 0 Å². The van der Waals surface area contributed by atoms with Crippen molar-refractivity contribution >= 4 is 0 Å². The number of nitrogens with two attached hydrogens (primary N) is 2. The quantitative estimate of drug-likeness (QED) is 0.636. The van der Waals surface area contributed by atoms with Gasteiger partial charge < -0.3 is 21.7 Å². The van der Waals surface area contributed by atoms with Crippen molar-refractivity contribution in [3.05, 3.63) is 58.7 Å². The van der Waals surface area contributed by atoms with E-state index in [0.717, 1.165) is 33.4 Å². The van der Waals surface area contributed by atoms with Crippen LogP contribution in [0.4, 0.5) is 0 Å². The fourth-order valence-electron chi connectivity index (χ4n) is 3.90. The van der Waals surface area contributed by atoms with E-state index in [1.807, 2.05) is 30.3 Å². The van der Waals surface area contributed by atoms with Crippen LogP contribution in [0, 0.1) is 0 Å². The Morgan fingerprint density at radius 3 is 2.32 bits per heavy atom. The number of aliphatic hydroxyl groups excluding tert-OH is 2. The zero-order valence-electron chi connectivity index (χ0n) is 12.2. The fourth-order valence-corrected chi connectivity index (χ4v) is 3.90. The molecule has 4 heteroatoms. The van der Waals surface area contributed by atoms with E-state index in [1.54, 1.807) is 0 Å². The smallest absolute Gasteiger partial charge is 0.0773 e. The van der Waals surface area contributed by atoms with Crippen molar-refractivity contribution in [2.45, 2.75) is 37.1 Å². The van der Waals surface area contributed by atoms with Gasteiger partial charge in [-0.3, -0.25) is 0 Å². The predicted octanol–water partition coefficient (Wildman–Crippen LogP) is 1.19. The van der Waals surface area contributed by atoms with Crippen molar-refractivity contribution in [2.75, 3.05) is 0 Å². The molecule has 114 valence electrons. The largest absolute Gasteiger partial charge is 0.391 e. The molecule has 4 atom stereocenters. The molecule has 2 aliphatic rings. The summed E-state index contributed by atoms with van der Waals surface area (Å²) in [6.07, 6.45) is 0.100. The molecule has 0 aliphatic heterocycles. The van der Waals surface area contributed by atoms with Gasteiger partial charge in [-0.15, -0.1) is 0 Å². The molecular weight excluding hydrogens is 276 g/mol. The van der Waals surface area contributed by atoms with E-state index in [-0.39, 0.29) is 12.1 Å². The normalized spacial score (nSPS) is 29.5. The highest BCUT2D eigenvalue weighted by atomic mass is 16.3. The molecule has 0 aromatic heterocycles. The predicted molar refractivity (Wildman–Crippen MR) is 85.2 cm³/mol. The van der Waals surface area contributed by atoms with E-state index in [9.17, 15) is 10.2 Å². The van der Waals surface area contributed by atoms with Gasteiger partial charge in [0.05, 0.1) is 24.3 Å². The third-order valence-electron chi connectivity index (χ3n) is 5.06. The summed E-state index contributed by atoms with van der Waals surface area (Å²) >= 11 is 0. The van der Waals surface area contributed by atoms with Crippen LogP contribution in [-0.2, 0) is 12.8 Å². The second-order valence-corrected chi connectivity index (χ2v) is 6.35. The summed E-state index contributed by atoms with van der Waals surface area (Å²) in [4.78, 5) is 0. The summed E-state index contributed by atoms with van der Waals surface area (Å²) in [5.41, 5.74) is 18.7. The summed E-state index contributed by atoms with van der Waals surface area (Å²) in [5, 5.41) is 20.2. The molecule has 0 bridgehead atoms. The van der Waals surface area contributed by atoms with Crippen LogP contribution in [0.3, 0.4) is 0 Å². The first-order valence-electron chi connectivity index (χ1n) is 7.69. The van der Waals surface area contributed by atoms with Crippen LogP contribution < -0.4 is 11.5 Å². The molecule has 2 aliphatic carbocycles. The Bertz CT molecular complexity index is 744. The molecule has 0 fully saturated rings. The number of aliphatic hydroxyl groups is 2. The second-order valence-electron chi connectivity index (χ2n) is 6.35. The molecule has 2 aromatic carbocycles. The Balaban J connectivity index is 1.92. The molecule has 0 radical (unpaired) electrons. The fraction of sp³-hybridized carbons (Fsp3) is 0.333. The van der Waals surface area contributed by atoms with Crippen molar-refractivity contribution in [2.24, 2.45) is 11.5 Å². The lowest BCUT2D eigenvalue weighted by Crippen LogP contribution is -2.21. The van der Waals surface area contributed by atoms with Crippen LogP contribution in [-0.4, -0.2) is 22.4 Å². The Hall–Kier alpha value is -1.72. The van der Waals surface area contributed by atoms with E-state index < -0.39 is 12.2 Å². The van der Waals surface area contributed by atoms with Crippen LogP contribution in [0.25, 0.3) is 11.1 Å². The zero-order valence-corrected chi connectivity index (χ0v) is 12.2. The Kier molecular flexibility index (Phi) is 3.09. The highest BCUT2D eigenvalue weighted by Gasteiger charge is 2.34. The maximum absolute atomic E-state index is 10.1. The monoisotopic (exact) mass is 296 g/mol. The molecule has 22 heavy (non-hydrogen) atoms. The van der Waals surface area contributed by atoms with Gasteiger partial charge in [-0.2, -0.15) is 0 Å². The third kappa shape index (κ3) is 1.85. The van der Waals surface area contributed by atoms with Crippen LogP contribution in [0.5, 0.6) is 0 Å². The van der Waals surface area contributed by atoms with E-state index in [1.165, 1.54) is 0 Å². The standard InChI is InChI=1S/C18H20N2O2/c19-17-12-6-2-4-10(13(12)8-15(17)22)11-5-1-3-9-7-14(21)18(20)16(9)11/h1-6,14-15,17-18,21-22H,7-8,19-20H2/t14?,15-,17+,18?/m1/s1. The topological polar surface area (TPSA) is 92.5 Å². The van der Waals surface area contributed by atoms with E-state index in [2.05, 4.69) is 6.07 Å². The highest BCUT2D eigenvalue weighted by Crippen LogP contribution is 2.42. The molecule has 0 spiro atoms. The Labute approximate surface area is 129 Å². The van der Waals surface area contributed by atoms with Gasteiger partial charge in [-0.25, -0.2) is 0 Å². The van der Waals surface area contributed by atoms with Crippen molar-refractivity contribution < 1.29 is 10.2 Å². The molecular formula is C18H20N2O2. The lowest BCUT2D eigenvalue weighted by molar-refractivity contribution is 0.158. The first-order chi connectivity index (χ1) is 10.6. The van der Waals surface area contributed by atoms with Gasteiger partial charge >= 0.3 is 0 Å². The molecule has 4 rings (SSSR count). The molecule has 2 aromatic rings. The first kappa shape index (κ1) is 13.9. The minimum atomic E-state index is -0.535. The van der Waals surface area contributed by atoms with Crippen molar-refractivity contribution in [3.8, 4) is 11.1 Å². The van der Waals surface area contributed by atoms with Crippen LogP contribution in [0.1, 0.15) is 34.3 Å². The SMILES string of the molecule is NC1c2c(cccc2-c2cccc3c2C[C@@H](O)[C@H]3N)CC1O. The molecule has 0 saturated heterocycles. The number of hydrogen-bond acceptors (Lipinski definition) is 4. The van der Waals surface area contributed by atoms with Crippen molar-refractivity contribution in [3.63, 3.8) is 0 Å². The lowest BCUT2D eigenvalue weighted by Gasteiger charge is -2.17. The highest BCUT2D eigenvalue weighted by molar-refractivity contribution is 5.75. The zero-order chi connectivity index (χ0) is 15.4.